The summed E-state index contributed by atoms with van der Waals surface area (Å²) in [6.45, 7) is 2.31. The number of carbonyl (C=O) groups is 1. The molecule has 2 fully saturated rings. The van der Waals surface area contributed by atoms with Gasteiger partial charge in [0, 0.05) is 51.7 Å². The van der Waals surface area contributed by atoms with Gasteiger partial charge in [0.2, 0.25) is 5.91 Å². The second-order valence-corrected chi connectivity index (χ2v) is 8.63. The molecule has 0 aliphatic carbocycles. The van der Waals surface area contributed by atoms with Gasteiger partial charge in [0.05, 0.1) is 24.6 Å². The molecule has 128 valence electrons. The third kappa shape index (κ3) is 3.56. The molecule has 0 spiro atoms. The van der Waals surface area contributed by atoms with E-state index in [1.807, 2.05) is 4.90 Å². The number of hydrogen-bond donors (Lipinski definition) is 1. The van der Waals surface area contributed by atoms with E-state index >= 15 is 0 Å². The smallest absolute Gasteiger partial charge is 0.236 e. The monoisotopic (exact) mass is 341 g/mol. The molecule has 0 saturated carbocycles. The number of nitrogens with zero attached hydrogens (tertiary/aromatic N) is 4. The van der Waals surface area contributed by atoms with Gasteiger partial charge in [-0.15, -0.1) is 0 Å². The highest BCUT2D eigenvalue weighted by molar-refractivity contribution is 7.91. The first-order valence-electron chi connectivity index (χ1n) is 7.72. The summed E-state index contributed by atoms with van der Waals surface area (Å²) in [5.41, 5.74) is 0. The molecule has 0 radical (unpaired) electrons. The number of H-pyrrole nitrogens is 1. The van der Waals surface area contributed by atoms with E-state index in [4.69, 9.17) is 0 Å². The van der Waals surface area contributed by atoms with Crippen molar-refractivity contribution in [3.05, 3.63) is 18.2 Å². The minimum absolute atomic E-state index is 0.00697. The van der Waals surface area contributed by atoms with Crippen LogP contribution in [0.2, 0.25) is 0 Å². The van der Waals surface area contributed by atoms with Gasteiger partial charge in [-0.05, 0) is 0 Å². The predicted molar refractivity (Wildman–Crippen MR) is 85.5 cm³/mol. The van der Waals surface area contributed by atoms with Crippen LogP contribution >= 0.6 is 0 Å². The second kappa shape index (κ2) is 6.21. The van der Waals surface area contributed by atoms with Gasteiger partial charge in [0.25, 0.3) is 0 Å². The number of imidazole rings is 1. The van der Waals surface area contributed by atoms with Crippen molar-refractivity contribution in [2.75, 3.05) is 45.2 Å². The standard InChI is InChI=1S/C14H23N5O3S/c1-17(2)14(20)8-19-6-5-18(7-13-15-3-4-16-13)11-9-23(21,22)10-12(11)19/h3-4,11-12H,5-10H2,1-2H3,(H,15,16)/t11-,12+/m0/s1. The largest absolute Gasteiger partial charge is 0.348 e. The molecule has 1 aromatic heterocycles. The molecule has 23 heavy (non-hydrogen) atoms. The van der Waals surface area contributed by atoms with Crippen molar-refractivity contribution in [1.82, 2.24) is 24.7 Å². The second-order valence-electron chi connectivity index (χ2n) is 6.48. The number of aromatic amines is 1. The van der Waals surface area contributed by atoms with Gasteiger partial charge < -0.3 is 9.88 Å². The summed E-state index contributed by atoms with van der Waals surface area (Å²) in [6, 6.07) is -0.193. The summed E-state index contributed by atoms with van der Waals surface area (Å²) < 4.78 is 24.3. The Morgan fingerprint density at radius 1 is 1.30 bits per heavy atom. The van der Waals surface area contributed by atoms with Crippen LogP contribution in [0.1, 0.15) is 5.82 Å². The minimum Gasteiger partial charge on any atom is -0.348 e. The van der Waals surface area contributed by atoms with E-state index in [0.29, 0.717) is 13.1 Å². The average molecular weight is 341 g/mol. The number of rotatable bonds is 4. The van der Waals surface area contributed by atoms with Crippen LogP contribution in [-0.2, 0) is 21.2 Å². The highest BCUT2D eigenvalue weighted by atomic mass is 32.2. The third-order valence-electron chi connectivity index (χ3n) is 4.65. The molecule has 1 aromatic rings. The van der Waals surface area contributed by atoms with Gasteiger partial charge in [-0.25, -0.2) is 13.4 Å². The highest BCUT2D eigenvalue weighted by Gasteiger charge is 2.46. The molecule has 8 nitrogen and oxygen atoms in total. The maximum absolute atomic E-state index is 12.1. The van der Waals surface area contributed by atoms with E-state index in [-0.39, 0.29) is 36.0 Å². The van der Waals surface area contributed by atoms with Crippen molar-refractivity contribution >= 4 is 15.7 Å². The lowest BCUT2D eigenvalue weighted by atomic mass is 10.0. The summed E-state index contributed by atoms with van der Waals surface area (Å²) >= 11 is 0. The Labute approximate surface area is 136 Å². The van der Waals surface area contributed by atoms with Crippen LogP contribution in [0.4, 0.5) is 0 Å². The van der Waals surface area contributed by atoms with Gasteiger partial charge in [0.1, 0.15) is 5.82 Å². The number of carbonyl (C=O) groups excluding carboxylic acids is 1. The van der Waals surface area contributed by atoms with Crippen molar-refractivity contribution < 1.29 is 13.2 Å². The Morgan fingerprint density at radius 2 is 1.96 bits per heavy atom. The van der Waals surface area contributed by atoms with Gasteiger partial charge in [0.15, 0.2) is 9.84 Å². The fourth-order valence-corrected chi connectivity index (χ4v) is 5.42. The molecule has 1 amide bonds. The first-order valence-corrected chi connectivity index (χ1v) is 9.55. The van der Waals surface area contributed by atoms with Crippen LogP contribution in [0.25, 0.3) is 0 Å². The van der Waals surface area contributed by atoms with Crippen LogP contribution in [0.5, 0.6) is 0 Å². The van der Waals surface area contributed by atoms with E-state index in [1.54, 1.807) is 31.4 Å². The number of sulfone groups is 1. The maximum atomic E-state index is 12.1. The summed E-state index contributed by atoms with van der Waals surface area (Å²) in [5.74, 6) is 1.14. The van der Waals surface area contributed by atoms with E-state index in [2.05, 4.69) is 14.9 Å². The fourth-order valence-electron chi connectivity index (χ4n) is 3.38. The van der Waals surface area contributed by atoms with Crippen molar-refractivity contribution in [2.45, 2.75) is 18.6 Å². The van der Waals surface area contributed by atoms with E-state index < -0.39 is 9.84 Å². The molecule has 2 aliphatic rings. The molecule has 0 unspecified atom stereocenters. The molecule has 2 atom stereocenters. The van der Waals surface area contributed by atoms with Gasteiger partial charge in [-0.1, -0.05) is 0 Å². The zero-order valence-electron chi connectivity index (χ0n) is 13.5. The van der Waals surface area contributed by atoms with Crippen LogP contribution in [0, 0.1) is 0 Å². The first-order chi connectivity index (χ1) is 10.9. The van der Waals surface area contributed by atoms with Crippen LogP contribution in [0.15, 0.2) is 12.4 Å². The Balaban J connectivity index is 1.76. The average Bonchev–Trinajstić information content (AvgIpc) is 3.07. The van der Waals surface area contributed by atoms with Crippen LogP contribution < -0.4 is 0 Å². The molecule has 0 bridgehead atoms. The zero-order valence-corrected chi connectivity index (χ0v) is 14.3. The molecule has 2 aliphatic heterocycles. The number of fused-ring (bicyclic) bond motifs is 1. The van der Waals surface area contributed by atoms with Gasteiger partial charge in [-0.3, -0.25) is 14.6 Å². The topological polar surface area (TPSA) is 89.6 Å². The van der Waals surface area contributed by atoms with Gasteiger partial charge in [-0.2, -0.15) is 0 Å². The van der Waals surface area contributed by atoms with E-state index in [0.717, 1.165) is 12.4 Å². The van der Waals surface area contributed by atoms with Crippen molar-refractivity contribution in [2.24, 2.45) is 0 Å². The zero-order chi connectivity index (χ0) is 16.6. The van der Waals surface area contributed by atoms with Crippen molar-refractivity contribution in [1.29, 1.82) is 0 Å². The number of amides is 1. The SMILES string of the molecule is CN(C)C(=O)CN1CCN(Cc2ncc[nH]2)[C@H]2CS(=O)(=O)C[C@H]21. The number of nitrogens with one attached hydrogen (secondary N) is 1. The number of hydrogen-bond acceptors (Lipinski definition) is 6. The lowest BCUT2D eigenvalue weighted by Crippen LogP contribution is -2.60. The lowest BCUT2D eigenvalue weighted by molar-refractivity contribution is -0.131. The van der Waals surface area contributed by atoms with E-state index in [1.165, 1.54) is 0 Å². The predicted octanol–water partition coefficient (Wildman–Crippen LogP) is -1.22. The molecule has 1 N–H and O–H groups in total. The number of likely N-dealkylation sites (N-methyl/N-ethyl adjacent to an activating group) is 1. The molecule has 3 heterocycles. The highest BCUT2D eigenvalue weighted by Crippen LogP contribution is 2.27. The molecule has 9 heteroatoms. The maximum Gasteiger partial charge on any atom is 0.236 e. The summed E-state index contributed by atoms with van der Waals surface area (Å²) in [4.78, 5) is 25.0. The number of aromatic nitrogens is 2. The Bertz CT molecular complexity index is 658. The molecule has 0 aromatic carbocycles. The minimum atomic E-state index is -3.07. The lowest BCUT2D eigenvalue weighted by Gasteiger charge is -2.43. The quantitative estimate of drug-likeness (QED) is 0.738. The number of piperazine rings is 1. The molecule has 3 rings (SSSR count). The van der Waals surface area contributed by atoms with Gasteiger partial charge >= 0.3 is 0 Å². The fraction of sp³-hybridized carbons (Fsp3) is 0.714. The van der Waals surface area contributed by atoms with Crippen LogP contribution in [-0.4, -0.2) is 96.3 Å². The Morgan fingerprint density at radius 3 is 2.57 bits per heavy atom. The van der Waals surface area contributed by atoms with Crippen molar-refractivity contribution in [3.63, 3.8) is 0 Å². The first kappa shape index (κ1) is 16.4. The third-order valence-corrected chi connectivity index (χ3v) is 6.35. The summed E-state index contributed by atoms with van der Waals surface area (Å²) in [6.07, 6.45) is 3.47. The van der Waals surface area contributed by atoms with E-state index in [9.17, 15) is 13.2 Å². The molecule has 2 saturated heterocycles. The molecular formula is C14H23N5O3S. The summed E-state index contributed by atoms with van der Waals surface area (Å²) in [5, 5.41) is 0. The van der Waals surface area contributed by atoms with Crippen LogP contribution in [0.3, 0.4) is 0 Å². The van der Waals surface area contributed by atoms with Crippen molar-refractivity contribution in [3.8, 4) is 0 Å². The Kier molecular flexibility index (Phi) is 4.43. The Hall–Kier alpha value is -1.45. The summed E-state index contributed by atoms with van der Waals surface area (Å²) in [7, 11) is 0.373. The molecular weight excluding hydrogens is 318 g/mol. The normalized spacial score (nSPS) is 27.7.